The van der Waals surface area contributed by atoms with Crippen LogP contribution >= 0.6 is 0 Å². The SMILES string of the molecule is CC1(OC(=O)C2C3CC4CC(C3)CC2C4)CCOC(=O)C1. The minimum atomic E-state index is -0.652. The van der Waals surface area contributed by atoms with Gasteiger partial charge < -0.3 is 9.47 Å². The van der Waals surface area contributed by atoms with Gasteiger partial charge in [-0.1, -0.05) is 0 Å². The quantitative estimate of drug-likeness (QED) is 0.734. The van der Waals surface area contributed by atoms with Crippen molar-refractivity contribution < 1.29 is 19.1 Å². The van der Waals surface area contributed by atoms with Gasteiger partial charge in [0.1, 0.15) is 5.60 Å². The molecule has 0 aromatic carbocycles. The van der Waals surface area contributed by atoms with Crippen molar-refractivity contribution in [1.82, 2.24) is 0 Å². The molecule has 5 aliphatic rings. The van der Waals surface area contributed by atoms with Crippen molar-refractivity contribution in [1.29, 1.82) is 0 Å². The van der Waals surface area contributed by atoms with Gasteiger partial charge >= 0.3 is 11.9 Å². The molecule has 4 nitrogen and oxygen atoms in total. The predicted octanol–water partition coefficient (Wildman–Crippen LogP) is 2.70. The molecule has 116 valence electrons. The Morgan fingerprint density at radius 2 is 1.76 bits per heavy atom. The van der Waals surface area contributed by atoms with Gasteiger partial charge in [-0.3, -0.25) is 9.59 Å². The first-order valence-corrected chi connectivity index (χ1v) is 8.41. The maximum absolute atomic E-state index is 12.7. The molecular formula is C17H24O4. The number of rotatable bonds is 2. The van der Waals surface area contributed by atoms with E-state index < -0.39 is 5.60 Å². The van der Waals surface area contributed by atoms with Crippen LogP contribution in [-0.4, -0.2) is 24.1 Å². The van der Waals surface area contributed by atoms with Crippen molar-refractivity contribution in [3.8, 4) is 0 Å². The Balaban J connectivity index is 1.46. The molecule has 4 heteroatoms. The molecule has 5 rings (SSSR count). The summed E-state index contributed by atoms with van der Waals surface area (Å²) in [6.45, 7) is 2.24. The summed E-state index contributed by atoms with van der Waals surface area (Å²) in [6, 6.07) is 0. The van der Waals surface area contributed by atoms with E-state index in [-0.39, 0.29) is 24.3 Å². The third-order valence-corrected chi connectivity index (χ3v) is 6.26. The molecule has 0 amide bonds. The van der Waals surface area contributed by atoms with Crippen molar-refractivity contribution >= 4 is 11.9 Å². The number of carbonyl (C=O) groups is 2. The summed E-state index contributed by atoms with van der Waals surface area (Å²) in [5.74, 6) is 2.59. The number of esters is 2. The third kappa shape index (κ3) is 2.36. The lowest BCUT2D eigenvalue weighted by Crippen LogP contribution is -2.50. The fourth-order valence-electron chi connectivity index (χ4n) is 5.53. The van der Waals surface area contributed by atoms with Crippen LogP contribution in [0, 0.1) is 29.6 Å². The predicted molar refractivity (Wildman–Crippen MR) is 75.2 cm³/mol. The highest BCUT2D eigenvalue weighted by Crippen LogP contribution is 2.57. The van der Waals surface area contributed by atoms with E-state index >= 15 is 0 Å². The van der Waals surface area contributed by atoms with Gasteiger partial charge in [0.05, 0.1) is 18.9 Å². The summed E-state index contributed by atoms with van der Waals surface area (Å²) in [4.78, 5) is 24.2. The fourth-order valence-corrected chi connectivity index (χ4v) is 5.53. The summed E-state index contributed by atoms with van der Waals surface area (Å²) >= 11 is 0. The van der Waals surface area contributed by atoms with Crippen LogP contribution in [0.2, 0.25) is 0 Å². The van der Waals surface area contributed by atoms with Crippen LogP contribution < -0.4 is 0 Å². The molecule has 1 atom stereocenters. The Kier molecular flexibility index (Phi) is 3.05. The zero-order valence-electron chi connectivity index (χ0n) is 12.7. The third-order valence-electron chi connectivity index (χ3n) is 6.26. The van der Waals surface area contributed by atoms with Gasteiger partial charge in [-0.15, -0.1) is 0 Å². The normalized spacial score (nSPS) is 48.0. The van der Waals surface area contributed by atoms with E-state index in [1.165, 1.54) is 32.1 Å². The molecular weight excluding hydrogens is 268 g/mol. The molecule has 0 N–H and O–H groups in total. The van der Waals surface area contributed by atoms with Crippen LogP contribution in [0.4, 0.5) is 0 Å². The van der Waals surface area contributed by atoms with Crippen LogP contribution in [0.15, 0.2) is 0 Å². The van der Waals surface area contributed by atoms with Gasteiger partial charge in [0.2, 0.25) is 0 Å². The molecule has 0 spiro atoms. The first-order valence-electron chi connectivity index (χ1n) is 8.41. The largest absolute Gasteiger partial charge is 0.465 e. The van der Waals surface area contributed by atoms with Crippen LogP contribution in [0.5, 0.6) is 0 Å². The topological polar surface area (TPSA) is 52.6 Å². The lowest BCUT2D eigenvalue weighted by Gasteiger charge is -2.53. The van der Waals surface area contributed by atoms with Gasteiger partial charge in [0, 0.05) is 6.42 Å². The molecule has 4 aliphatic carbocycles. The molecule has 21 heavy (non-hydrogen) atoms. The molecule has 1 aliphatic heterocycles. The Labute approximate surface area is 125 Å². The summed E-state index contributed by atoms with van der Waals surface area (Å²) in [6.07, 6.45) is 7.07. The number of cyclic esters (lactones) is 1. The Hall–Kier alpha value is -1.06. The van der Waals surface area contributed by atoms with E-state index in [9.17, 15) is 9.59 Å². The molecule has 1 unspecified atom stereocenters. The van der Waals surface area contributed by atoms with E-state index in [2.05, 4.69) is 0 Å². The van der Waals surface area contributed by atoms with Crippen molar-refractivity contribution in [3.05, 3.63) is 0 Å². The Morgan fingerprint density at radius 3 is 2.33 bits per heavy atom. The van der Waals surface area contributed by atoms with Gasteiger partial charge in [-0.25, -0.2) is 0 Å². The van der Waals surface area contributed by atoms with Gasteiger partial charge in [-0.05, 0) is 62.7 Å². The minimum absolute atomic E-state index is 0.0407. The second-order valence-corrected chi connectivity index (χ2v) is 7.97. The van der Waals surface area contributed by atoms with Crippen LogP contribution in [0.3, 0.4) is 0 Å². The maximum atomic E-state index is 12.7. The highest BCUT2D eigenvalue weighted by molar-refractivity contribution is 5.76. The Morgan fingerprint density at radius 1 is 1.14 bits per heavy atom. The zero-order valence-corrected chi connectivity index (χ0v) is 12.7. The van der Waals surface area contributed by atoms with Crippen LogP contribution in [-0.2, 0) is 19.1 Å². The van der Waals surface area contributed by atoms with Crippen LogP contribution in [0.25, 0.3) is 0 Å². The lowest BCUT2D eigenvalue weighted by atomic mass is 9.52. The van der Waals surface area contributed by atoms with Crippen molar-refractivity contribution in [3.63, 3.8) is 0 Å². The lowest BCUT2D eigenvalue weighted by molar-refractivity contribution is -0.187. The molecule has 5 fully saturated rings. The molecule has 0 aromatic rings. The van der Waals surface area contributed by atoms with Gasteiger partial charge in [0.25, 0.3) is 0 Å². The molecule has 1 heterocycles. The van der Waals surface area contributed by atoms with E-state index in [1.54, 1.807) is 0 Å². The summed E-state index contributed by atoms with van der Waals surface area (Å²) in [5, 5.41) is 0. The second kappa shape index (κ2) is 4.72. The number of ether oxygens (including phenoxy) is 2. The van der Waals surface area contributed by atoms with Crippen LogP contribution in [0.1, 0.15) is 51.9 Å². The molecule has 4 saturated carbocycles. The maximum Gasteiger partial charge on any atom is 0.310 e. The first kappa shape index (κ1) is 13.6. The van der Waals surface area contributed by atoms with E-state index in [4.69, 9.17) is 9.47 Å². The highest BCUT2D eigenvalue weighted by Gasteiger charge is 2.52. The zero-order chi connectivity index (χ0) is 14.6. The number of carbonyl (C=O) groups excluding carboxylic acids is 2. The van der Waals surface area contributed by atoms with Gasteiger partial charge in [-0.2, -0.15) is 0 Å². The molecule has 0 radical (unpaired) electrons. The highest BCUT2D eigenvalue weighted by atomic mass is 16.6. The monoisotopic (exact) mass is 292 g/mol. The standard InChI is InChI=1S/C17H24O4/c1-17(2-3-20-14(18)9-17)21-16(19)15-12-5-10-4-11(7-12)8-13(15)6-10/h10-13,15H,2-9H2,1H3. The van der Waals surface area contributed by atoms with Crippen molar-refractivity contribution in [2.45, 2.75) is 57.5 Å². The summed E-state index contributed by atoms with van der Waals surface area (Å²) in [7, 11) is 0. The average molecular weight is 292 g/mol. The molecule has 4 bridgehead atoms. The van der Waals surface area contributed by atoms with Gasteiger partial charge in [0.15, 0.2) is 0 Å². The average Bonchev–Trinajstić information content (AvgIpc) is 2.35. The number of hydrogen-bond donors (Lipinski definition) is 0. The second-order valence-electron chi connectivity index (χ2n) is 7.97. The smallest absolute Gasteiger partial charge is 0.310 e. The van der Waals surface area contributed by atoms with Crippen molar-refractivity contribution in [2.24, 2.45) is 29.6 Å². The Bertz CT molecular complexity index is 443. The van der Waals surface area contributed by atoms with E-state index in [0.717, 1.165) is 11.8 Å². The summed E-state index contributed by atoms with van der Waals surface area (Å²) in [5.41, 5.74) is -0.652. The van der Waals surface area contributed by atoms with E-state index in [1.807, 2.05) is 6.92 Å². The van der Waals surface area contributed by atoms with E-state index in [0.29, 0.717) is 24.9 Å². The molecule has 0 aromatic heterocycles. The molecule has 1 saturated heterocycles. The minimum Gasteiger partial charge on any atom is -0.465 e. The first-order chi connectivity index (χ1) is 10.0. The number of hydrogen-bond acceptors (Lipinski definition) is 4. The fraction of sp³-hybridized carbons (Fsp3) is 0.882. The van der Waals surface area contributed by atoms with Crippen molar-refractivity contribution in [2.75, 3.05) is 6.61 Å². The summed E-state index contributed by atoms with van der Waals surface area (Å²) < 4.78 is 10.8.